The monoisotopic (exact) mass is 178 g/mol. The zero-order chi connectivity index (χ0) is 10.9. The predicted octanol–water partition coefficient (Wildman–Crippen LogP) is 2.76. The third kappa shape index (κ3) is 4.69. The first kappa shape index (κ1) is 13.9. The first-order chi connectivity index (χ1) is 6.22. The van der Waals surface area contributed by atoms with Crippen LogP contribution in [0.5, 0.6) is 0 Å². The third-order valence-electron chi connectivity index (χ3n) is 1.36. The van der Waals surface area contributed by atoms with Gasteiger partial charge in [0.15, 0.2) is 0 Å². The molecule has 0 heterocycles. The van der Waals surface area contributed by atoms with E-state index in [1.165, 1.54) is 0 Å². The minimum atomic E-state index is 0.662. The topological polar surface area (TPSA) is 52.0 Å². The number of hydrogen-bond acceptors (Lipinski definition) is 2. The van der Waals surface area contributed by atoms with E-state index in [4.69, 9.17) is 11.5 Å². The summed E-state index contributed by atoms with van der Waals surface area (Å²) in [4.78, 5) is 0. The molecule has 2 nitrogen and oxygen atoms in total. The van der Waals surface area contributed by atoms with Crippen molar-refractivity contribution in [2.45, 2.75) is 6.92 Å². The molecule has 0 aromatic heterocycles. The molecular weight excluding hydrogens is 160 g/mol. The fraction of sp³-hybridized carbons (Fsp3) is 0.0909. The van der Waals surface area contributed by atoms with E-state index in [1.807, 2.05) is 19.1 Å². The van der Waals surface area contributed by atoms with E-state index < -0.39 is 0 Å². The lowest BCUT2D eigenvalue weighted by Crippen LogP contribution is -1.95. The highest BCUT2D eigenvalue weighted by Crippen LogP contribution is 2.17. The second-order valence-electron chi connectivity index (χ2n) is 2.08. The normalized spacial score (nSPS) is 7.15. The number of hydrogen-bond donors (Lipinski definition) is 2. The van der Waals surface area contributed by atoms with Crippen molar-refractivity contribution in [3.63, 3.8) is 0 Å². The van der Waals surface area contributed by atoms with Crippen molar-refractivity contribution < 1.29 is 0 Å². The molecule has 1 rings (SSSR count). The Bertz CT molecular complexity index is 222. The molecule has 0 fully saturated rings. The summed E-state index contributed by atoms with van der Waals surface area (Å²) >= 11 is 0. The van der Waals surface area contributed by atoms with Crippen LogP contribution in [0, 0.1) is 6.92 Å². The van der Waals surface area contributed by atoms with Crippen LogP contribution in [-0.2, 0) is 0 Å². The van der Waals surface area contributed by atoms with Crippen molar-refractivity contribution >= 4 is 11.4 Å². The summed E-state index contributed by atoms with van der Waals surface area (Å²) in [6.45, 7) is 13.9. The van der Waals surface area contributed by atoms with Gasteiger partial charge in [-0.3, -0.25) is 0 Å². The highest BCUT2D eigenvalue weighted by molar-refractivity contribution is 5.66. The maximum Gasteiger partial charge on any atom is 0.0577 e. The summed E-state index contributed by atoms with van der Waals surface area (Å²) in [7, 11) is 0. The van der Waals surface area contributed by atoms with Crippen LogP contribution in [0.15, 0.2) is 44.5 Å². The van der Waals surface area contributed by atoms with Crippen LogP contribution in [-0.4, -0.2) is 0 Å². The zero-order valence-electron chi connectivity index (χ0n) is 8.22. The van der Waals surface area contributed by atoms with Gasteiger partial charge in [0.05, 0.1) is 11.4 Å². The molecule has 0 spiro atoms. The molecule has 0 bridgehead atoms. The van der Waals surface area contributed by atoms with Gasteiger partial charge in [0.25, 0.3) is 0 Å². The Morgan fingerprint density at radius 1 is 1.00 bits per heavy atom. The van der Waals surface area contributed by atoms with Gasteiger partial charge >= 0.3 is 0 Å². The highest BCUT2D eigenvalue weighted by Gasteiger charge is 1.93. The van der Waals surface area contributed by atoms with E-state index in [1.54, 1.807) is 6.07 Å². The molecule has 0 saturated heterocycles. The van der Waals surface area contributed by atoms with Crippen LogP contribution >= 0.6 is 0 Å². The minimum Gasteiger partial charge on any atom is -0.397 e. The molecule has 0 aliphatic heterocycles. The number of anilines is 2. The number of benzene rings is 1. The maximum absolute atomic E-state index is 5.56. The molecule has 1 aromatic rings. The Morgan fingerprint density at radius 3 is 1.77 bits per heavy atom. The molecule has 4 N–H and O–H groups in total. The molecule has 0 saturated carbocycles. The molecule has 0 aliphatic rings. The first-order valence-corrected chi connectivity index (χ1v) is 3.82. The van der Waals surface area contributed by atoms with Gasteiger partial charge < -0.3 is 11.5 Å². The minimum absolute atomic E-state index is 0.662. The van der Waals surface area contributed by atoms with Gasteiger partial charge in [-0.25, -0.2) is 0 Å². The average Bonchev–Trinajstić information content (AvgIpc) is 2.20. The van der Waals surface area contributed by atoms with E-state index in [0.29, 0.717) is 11.4 Å². The molecule has 2 heteroatoms. The predicted molar refractivity (Wildman–Crippen MR) is 62.5 cm³/mol. The Labute approximate surface area is 80.6 Å². The highest BCUT2D eigenvalue weighted by atomic mass is 14.7. The van der Waals surface area contributed by atoms with E-state index in [2.05, 4.69) is 26.3 Å². The summed E-state index contributed by atoms with van der Waals surface area (Å²) in [5.41, 5.74) is 13.4. The summed E-state index contributed by atoms with van der Waals surface area (Å²) < 4.78 is 0. The van der Waals surface area contributed by atoms with Gasteiger partial charge in [0, 0.05) is 0 Å². The summed E-state index contributed by atoms with van der Waals surface area (Å²) in [6, 6.07) is 5.62. The molecule has 72 valence electrons. The number of nitrogen functional groups attached to an aromatic ring is 2. The Hall–Kier alpha value is -1.70. The molecule has 13 heavy (non-hydrogen) atoms. The third-order valence-corrected chi connectivity index (χ3v) is 1.36. The van der Waals surface area contributed by atoms with Gasteiger partial charge in [-0.05, 0) is 18.6 Å². The Balaban J connectivity index is 0. The van der Waals surface area contributed by atoms with Crippen LogP contribution in [0.2, 0.25) is 0 Å². The van der Waals surface area contributed by atoms with Crippen LogP contribution < -0.4 is 11.5 Å². The second kappa shape index (κ2) is 8.40. The number of nitrogens with two attached hydrogens (primary N) is 2. The van der Waals surface area contributed by atoms with Crippen molar-refractivity contribution in [3.8, 4) is 0 Å². The summed E-state index contributed by atoms with van der Waals surface area (Å²) in [5, 5.41) is 0. The second-order valence-corrected chi connectivity index (χ2v) is 2.08. The van der Waals surface area contributed by atoms with Crippen LogP contribution in [0.25, 0.3) is 0 Å². The first-order valence-electron chi connectivity index (χ1n) is 3.82. The molecule has 0 aliphatic carbocycles. The van der Waals surface area contributed by atoms with E-state index in [-0.39, 0.29) is 0 Å². The largest absolute Gasteiger partial charge is 0.397 e. The number of rotatable bonds is 0. The molecule has 0 unspecified atom stereocenters. The lowest BCUT2D eigenvalue weighted by atomic mass is 10.2. The lowest BCUT2D eigenvalue weighted by Gasteiger charge is -2.00. The van der Waals surface area contributed by atoms with Gasteiger partial charge in [-0.2, -0.15) is 0 Å². The Morgan fingerprint density at radius 2 is 1.46 bits per heavy atom. The van der Waals surface area contributed by atoms with Gasteiger partial charge in [-0.15, -0.1) is 26.3 Å². The van der Waals surface area contributed by atoms with Crippen molar-refractivity contribution in [3.05, 3.63) is 50.1 Å². The Kier molecular flexibility index (Phi) is 8.95. The number of para-hydroxylation sites is 1. The SMILES string of the molecule is C=C.C=C.Cc1cccc(N)c1N. The fourth-order valence-corrected chi connectivity index (χ4v) is 0.703. The van der Waals surface area contributed by atoms with E-state index in [9.17, 15) is 0 Å². The van der Waals surface area contributed by atoms with E-state index >= 15 is 0 Å². The van der Waals surface area contributed by atoms with Crippen molar-refractivity contribution in [1.82, 2.24) is 0 Å². The molecule has 0 atom stereocenters. The van der Waals surface area contributed by atoms with Crippen molar-refractivity contribution in [2.75, 3.05) is 11.5 Å². The maximum atomic E-state index is 5.56. The zero-order valence-corrected chi connectivity index (χ0v) is 8.22. The van der Waals surface area contributed by atoms with Crippen LogP contribution in [0.4, 0.5) is 11.4 Å². The smallest absolute Gasteiger partial charge is 0.0577 e. The standard InChI is InChI=1S/C7H10N2.2C2H4/c1-5-3-2-4-6(8)7(5)9;2*1-2/h2-4H,8-9H2,1H3;2*1-2H2. The lowest BCUT2D eigenvalue weighted by molar-refractivity contribution is 1.47. The van der Waals surface area contributed by atoms with Crippen LogP contribution in [0.1, 0.15) is 5.56 Å². The molecule has 0 amide bonds. The molecular formula is C11H18N2. The average molecular weight is 178 g/mol. The van der Waals surface area contributed by atoms with Gasteiger partial charge in [-0.1, -0.05) is 12.1 Å². The van der Waals surface area contributed by atoms with Gasteiger partial charge in [0.1, 0.15) is 0 Å². The quantitative estimate of drug-likeness (QED) is 0.474. The molecule has 0 radical (unpaired) electrons. The van der Waals surface area contributed by atoms with Crippen molar-refractivity contribution in [1.29, 1.82) is 0 Å². The summed E-state index contributed by atoms with van der Waals surface area (Å²) in [5.74, 6) is 0. The molecule has 1 aromatic carbocycles. The summed E-state index contributed by atoms with van der Waals surface area (Å²) in [6.07, 6.45) is 0. The van der Waals surface area contributed by atoms with Crippen LogP contribution in [0.3, 0.4) is 0 Å². The fourth-order valence-electron chi connectivity index (χ4n) is 0.703. The van der Waals surface area contributed by atoms with Crippen molar-refractivity contribution in [2.24, 2.45) is 0 Å². The van der Waals surface area contributed by atoms with Gasteiger partial charge in [0.2, 0.25) is 0 Å². The number of aryl methyl sites for hydroxylation is 1. The van der Waals surface area contributed by atoms with E-state index in [0.717, 1.165) is 5.56 Å².